The van der Waals surface area contributed by atoms with Crippen molar-refractivity contribution in [2.24, 2.45) is 0 Å². The minimum absolute atomic E-state index is 0.0372. The molecular weight excluding hydrogens is 392 g/mol. The number of ether oxygens (including phenoxy) is 1. The third-order valence-corrected chi connectivity index (χ3v) is 4.68. The zero-order valence-corrected chi connectivity index (χ0v) is 16.6. The van der Waals surface area contributed by atoms with Crippen LogP contribution < -0.4 is 0 Å². The number of hydrogen-bond acceptors (Lipinski definition) is 7. The van der Waals surface area contributed by atoms with Crippen molar-refractivity contribution in [3.05, 3.63) is 69.7 Å². The van der Waals surface area contributed by atoms with Crippen LogP contribution in [0, 0.1) is 10.1 Å². The van der Waals surface area contributed by atoms with Gasteiger partial charge >= 0.3 is 0 Å². The molecule has 1 aliphatic rings. The highest BCUT2D eigenvalue weighted by Crippen LogP contribution is 2.39. The number of hydrogen-bond donors (Lipinski definition) is 1. The van der Waals surface area contributed by atoms with Gasteiger partial charge in [-0.05, 0) is 32.4 Å². The topological polar surface area (TPSA) is 123 Å². The number of nitro benzene ring substituents is 1. The Kier molecular flexibility index (Phi) is 6.31. The Morgan fingerprint density at radius 2 is 2.07 bits per heavy atom. The molecule has 3 rings (SSSR count). The van der Waals surface area contributed by atoms with Crippen LogP contribution >= 0.6 is 0 Å². The molecule has 0 saturated carbocycles. The first kappa shape index (κ1) is 21.3. The normalized spacial score (nSPS) is 18.4. The van der Waals surface area contributed by atoms with Crippen molar-refractivity contribution >= 4 is 23.1 Å². The average molecular weight is 414 g/mol. The molecule has 1 saturated heterocycles. The first-order valence-electron chi connectivity index (χ1n) is 9.49. The summed E-state index contributed by atoms with van der Waals surface area (Å²) in [5, 5.41) is 21.9. The number of furan rings is 1. The van der Waals surface area contributed by atoms with Gasteiger partial charge in [-0.2, -0.15) is 0 Å². The standard InChI is InChI=1S/C21H22N2O7/c1-13(2)29-11-5-9-22-18(16-8-4-10-30-16)17(20(25)21(22)26)19(24)14-6-3-7-15(12-14)23(27)28/h3-4,6-8,10,12-13,18,24H,5,9,11H2,1-2H3/t18-/m0/s1. The van der Waals surface area contributed by atoms with E-state index in [1.54, 1.807) is 12.1 Å². The number of ketones is 1. The van der Waals surface area contributed by atoms with Crippen molar-refractivity contribution in [3.63, 3.8) is 0 Å². The van der Waals surface area contributed by atoms with Crippen LogP contribution in [0.3, 0.4) is 0 Å². The molecule has 1 aromatic heterocycles. The smallest absolute Gasteiger partial charge is 0.295 e. The third-order valence-electron chi connectivity index (χ3n) is 4.68. The first-order chi connectivity index (χ1) is 14.3. The second-order valence-corrected chi connectivity index (χ2v) is 7.09. The number of carbonyl (C=O) groups is 2. The van der Waals surface area contributed by atoms with Gasteiger partial charge in [-0.1, -0.05) is 12.1 Å². The molecule has 158 valence electrons. The molecule has 2 aromatic rings. The lowest BCUT2D eigenvalue weighted by Gasteiger charge is -2.23. The van der Waals surface area contributed by atoms with Crippen molar-refractivity contribution < 1.29 is 28.8 Å². The summed E-state index contributed by atoms with van der Waals surface area (Å²) in [7, 11) is 0. The van der Waals surface area contributed by atoms with Gasteiger partial charge in [-0.3, -0.25) is 19.7 Å². The Balaban J connectivity index is 2.00. The monoisotopic (exact) mass is 414 g/mol. The first-order valence-corrected chi connectivity index (χ1v) is 9.49. The van der Waals surface area contributed by atoms with Gasteiger partial charge < -0.3 is 19.2 Å². The molecule has 1 N–H and O–H groups in total. The molecule has 2 heterocycles. The van der Waals surface area contributed by atoms with E-state index in [2.05, 4.69) is 0 Å². The minimum atomic E-state index is -0.932. The molecule has 1 fully saturated rings. The molecule has 0 unspecified atom stereocenters. The van der Waals surface area contributed by atoms with Gasteiger partial charge in [0.2, 0.25) is 0 Å². The van der Waals surface area contributed by atoms with E-state index in [0.29, 0.717) is 18.8 Å². The zero-order chi connectivity index (χ0) is 21.8. The number of aliphatic hydroxyl groups excluding tert-OH is 1. The highest BCUT2D eigenvalue weighted by atomic mass is 16.6. The SMILES string of the molecule is CC(C)OCCCN1C(=O)C(=O)C(=C(O)c2cccc([N+](=O)[O-])c2)[C@@H]1c1ccco1. The molecule has 30 heavy (non-hydrogen) atoms. The van der Waals surface area contributed by atoms with Gasteiger partial charge in [-0.25, -0.2) is 0 Å². The predicted molar refractivity (Wildman–Crippen MR) is 107 cm³/mol. The van der Waals surface area contributed by atoms with E-state index < -0.39 is 28.4 Å². The fourth-order valence-electron chi connectivity index (χ4n) is 3.33. The lowest BCUT2D eigenvalue weighted by Crippen LogP contribution is -2.31. The molecular formula is C21H22N2O7. The van der Waals surface area contributed by atoms with Gasteiger partial charge in [0.25, 0.3) is 17.4 Å². The Bertz CT molecular complexity index is 979. The molecule has 1 atom stereocenters. The van der Waals surface area contributed by atoms with Crippen LogP contribution in [0.1, 0.15) is 37.6 Å². The molecule has 1 aliphatic heterocycles. The van der Waals surface area contributed by atoms with Crippen molar-refractivity contribution in [2.45, 2.75) is 32.4 Å². The number of carbonyl (C=O) groups excluding carboxylic acids is 2. The summed E-state index contributed by atoms with van der Waals surface area (Å²) in [5.74, 6) is -1.82. The number of rotatable bonds is 8. The van der Waals surface area contributed by atoms with Crippen LogP contribution in [-0.4, -0.2) is 45.9 Å². The third kappa shape index (κ3) is 4.25. The van der Waals surface area contributed by atoms with Gasteiger partial charge in [-0.15, -0.1) is 0 Å². The molecule has 1 aromatic carbocycles. The van der Waals surface area contributed by atoms with E-state index in [-0.39, 0.29) is 29.5 Å². The number of likely N-dealkylation sites (tertiary alicyclic amines) is 1. The summed E-state index contributed by atoms with van der Waals surface area (Å²) < 4.78 is 10.9. The van der Waals surface area contributed by atoms with Crippen LogP contribution in [0.5, 0.6) is 0 Å². The number of aliphatic hydroxyl groups is 1. The van der Waals surface area contributed by atoms with E-state index in [4.69, 9.17) is 9.15 Å². The van der Waals surface area contributed by atoms with Crippen LogP contribution in [0.2, 0.25) is 0 Å². The zero-order valence-electron chi connectivity index (χ0n) is 16.6. The van der Waals surface area contributed by atoms with Crippen molar-refractivity contribution in [2.75, 3.05) is 13.2 Å². The van der Waals surface area contributed by atoms with Gasteiger partial charge in [0.05, 0.1) is 22.9 Å². The fourth-order valence-corrected chi connectivity index (χ4v) is 3.33. The van der Waals surface area contributed by atoms with Crippen LogP contribution in [0.4, 0.5) is 5.69 Å². The summed E-state index contributed by atoms with van der Waals surface area (Å²) in [4.78, 5) is 37.3. The molecule has 1 amide bonds. The van der Waals surface area contributed by atoms with E-state index >= 15 is 0 Å². The number of Topliss-reactive ketones (excluding diaryl/α,β-unsaturated/α-hetero) is 1. The van der Waals surface area contributed by atoms with Gasteiger partial charge in [0.15, 0.2) is 0 Å². The highest BCUT2D eigenvalue weighted by molar-refractivity contribution is 6.46. The number of amides is 1. The summed E-state index contributed by atoms with van der Waals surface area (Å²) in [5.41, 5.74) is -0.337. The molecule has 0 aliphatic carbocycles. The number of benzene rings is 1. The maximum Gasteiger partial charge on any atom is 0.295 e. The summed E-state index contributed by atoms with van der Waals surface area (Å²) in [6, 6.07) is 7.55. The Labute approximate surface area is 172 Å². The Hall–Kier alpha value is -3.46. The van der Waals surface area contributed by atoms with Crippen LogP contribution in [0.25, 0.3) is 5.76 Å². The molecule has 0 spiro atoms. The quantitative estimate of drug-likeness (QED) is 0.175. The van der Waals surface area contributed by atoms with E-state index in [1.165, 1.54) is 29.4 Å². The number of non-ortho nitro benzene ring substituents is 1. The van der Waals surface area contributed by atoms with E-state index in [0.717, 1.165) is 6.07 Å². The van der Waals surface area contributed by atoms with Crippen molar-refractivity contribution in [1.82, 2.24) is 4.90 Å². The summed E-state index contributed by atoms with van der Waals surface area (Å²) in [6.07, 6.45) is 1.93. The maximum absolute atomic E-state index is 12.8. The summed E-state index contributed by atoms with van der Waals surface area (Å²) in [6.45, 7) is 4.41. The van der Waals surface area contributed by atoms with Crippen LogP contribution in [0.15, 0.2) is 52.7 Å². The van der Waals surface area contributed by atoms with Gasteiger partial charge in [0, 0.05) is 30.8 Å². The second-order valence-electron chi connectivity index (χ2n) is 7.09. The summed E-state index contributed by atoms with van der Waals surface area (Å²) >= 11 is 0. The van der Waals surface area contributed by atoms with Crippen molar-refractivity contribution in [1.29, 1.82) is 0 Å². The Morgan fingerprint density at radius 1 is 1.30 bits per heavy atom. The fraction of sp³-hybridized carbons (Fsp3) is 0.333. The largest absolute Gasteiger partial charge is 0.507 e. The second kappa shape index (κ2) is 8.91. The van der Waals surface area contributed by atoms with E-state index in [1.807, 2.05) is 13.8 Å². The average Bonchev–Trinajstić information content (AvgIpc) is 3.32. The maximum atomic E-state index is 12.8. The number of nitrogens with zero attached hydrogens (tertiary/aromatic N) is 2. The number of nitro groups is 1. The predicted octanol–water partition coefficient (Wildman–Crippen LogP) is 3.42. The molecule has 9 nitrogen and oxygen atoms in total. The lowest BCUT2D eigenvalue weighted by molar-refractivity contribution is -0.384. The minimum Gasteiger partial charge on any atom is -0.507 e. The Morgan fingerprint density at radius 3 is 2.70 bits per heavy atom. The van der Waals surface area contributed by atoms with Crippen LogP contribution in [-0.2, 0) is 14.3 Å². The van der Waals surface area contributed by atoms with Crippen molar-refractivity contribution in [3.8, 4) is 0 Å². The van der Waals surface area contributed by atoms with Gasteiger partial charge in [0.1, 0.15) is 17.6 Å². The molecule has 9 heteroatoms. The highest BCUT2D eigenvalue weighted by Gasteiger charge is 2.47. The molecule has 0 bridgehead atoms. The van der Waals surface area contributed by atoms with E-state index in [9.17, 15) is 24.8 Å². The lowest BCUT2D eigenvalue weighted by atomic mass is 9.99. The molecule has 0 radical (unpaired) electrons.